The molecule has 0 saturated carbocycles. The summed E-state index contributed by atoms with van der Waals surface area (Å²) in [7, 11) is -0.895. The van der Waals surface area contributed by atoms with E-state index >= 15 is 0 Å². The van der Waals surface area contributed by atoms with Crippen LogP contribution in [0.5, 0.6) is 0 Å². The fourth-order valence-corrected chi connectivity index (χ4v) is 5.19. The Kier molecular flexibility index (Phi) is 9.73. The van der Waals surface area contributed by atoms with Gasteiger partial charge in [-0.15, -0.1) is 0 Å². The highest BCUT2D eigenvalue weighted by molar-refractivity contribution is 6.51. The van der Waals surface area contributed by atoms with Crippen molar-refractivity contribution >= 4 is 9.04 Å². The van der Waals surface area contributed by atoms with Gasteiger partial charge >= 0.3 is 0 Å². The predicted octanol–water partition coefficient (Wildman–Crippen LogP) is 4.96. The molecule has 0 N–H and O–H groups in total. The Labute approximate surface area is 121 Å². The molecule has 2 heteroatoms. The number of hydrogen-bond donors (Lipinski definition) is 0. The Balaban J connectivity index is 2.16. The second-order valence-corrected chi connectivity index (χ2v) is 8.10. The molecule has 0 heterocycles. The van der Waals surface area contributed by atoms with Crippen molar-refractivity contribution in [3.05, 3.63) is 35.9 Å². The van der Waals surface area contributed by atoms with Gasteiger partial charge in [0.2, 0.25) is 0 Å². The average Bonchev–Trinajstić information content (AvgIpc) is 2.46. The van der Waals surface area contributed by atoms with Gasteiger partial charge in [0.1, 0.15) is 0 Å². The molecule has 0 bridgehead atoms. The van der Waals surface area contributed by atoms with Gasteiger partial charge < -0.3 is 4.43 Å². The fourth-order valence-electron chi connectivity index (χ4n) is 2.35. The first-order chi connectivity index (χ1) is 9.36. The molecule has 0 amide bonds. The Morgan fingerprint density at radius 2 is 1.53 bits per heavy atom. The lowest BCUT2D eigenvalue weighted by molar-refractivity contribution is 0.309. The normalized spacial score (nSPS) is 11.1. The third kappa shape index (κ3) is 8.22. The van der Waals surface area contributed by atoms with Gasteiger partial charge in [-0.1, -0.05) is 69.9 Å². The summed E-state index contributed by atoms with van der Waals surface area (Å²) >= 11 is 0. The first-order valence-electron chi connectivity index (χ1n) is 8.02. The number of hydrogen-bond acceptors (Lipinski definition) is 1. The first-order valence-corrected chi connectivity index (χ1v) is 10.1. The molecule has 0 aliphatic heterocycles. The molecule has 108 valence electrons. The van der Waals surface area contributed by atoms with Crippen molar-refractivity contribution in [3.63, 3.8) is 0 Å². The van der Waals surface area contributed by atoms with Gasteiger partial charge in [0.15, 0.2) is 9.04 Å². The van der Waals surface area contributed by atoms with Crippen molar-refractivity contribution in [2.45, 2.75) is 64.5 Å². The van der Waals surface area contributed by atoms with Gasteiger partial charge in [-0.25, -0.2) is 0 Å². The largest absolute Gasteiger partial charge is 0.420 e. The monoisotopic (exact) mass is 278 g/mol. The summed E-state index contributed by atoms with van der Waals surface area (Å²) in [5.74, 6) is 0. The number of rotatable bonds is 11. The fraction of sp³-hybridized carbons (Fsp3) is 0.647. The molecule has 0 aromatic heterocycles. The van der Waals surface area contributed by atoms with Crippen LogP contribution in [0.3, 0.4) is 0 Å². The van der Waals surface area contributed by atoms with Crippen LogP contribution in [-0.4, -0.2) is 15.6 Å². The van der Waals surface area contributed by atoms with Crippen molar-refractivity contribution in [1.29, 1.82) is 0 Å². The van der Waals surface area contributed by atoms with Gasteiger partial charge in [-0.2, -0.15) is 0 Å². The summed E-state index contributed by atoms with van der Waals surface area (Å²) in [5.41, 5.74) is 1.44. The van der Waals surface area contributed by atoms with Gasteiger partial charge in [0, 0.05) is 6.61 Å². The molecule has 0 aliphatic rings. The third-order valence-electron chi connectivity index (χ3n) is 3.57. The predicted molar refractivity (Wildman–Crippen MR) is 87.3 cm³/mol. The molecule has 19 heavy (non-hydrogen) atoms. The standard InChI is InChI=1S/C17H30OSi/c1-3-5-15-19(16-6-4-2)18-14-10-13-17-11-8-7-9-12-17/h7-9,11-12,19H,3-6,10,13-16H2,1-2H3. The van der Waals surface area contributed by atoms with Gasteiger partial charge in [0.05, 0.1) is 0 Å². The highest BCUT2D eigenvalue weighted by atomic mass is 28.3. The summed E-state index contributed by atoms with van der Waals surface area (Å²) in [6, 6.07) is 13.5. The minimum Gasteiger partial charge on any atom is -0.420 e. The van der Waals surface area contributed by atoms with Crippen LogP contribution in [0.2, 0.25) is 12.1 Å². The SMILES string of the molecule is CCCC[SiH](CCCC)OCCCc1ccccc1. The lowest BCUT2D eigenvalue weighted by atomic mass is 10.1. The Morgan fingerprint density at radius 3 is 2.11 bits per heavy atom. The first kappa shape index (κ1) is 16.5. The van der Waals surface area contributed by atoms with E-state index in [4.69, 9.17) is 4.43 Å². The maximum absolute atomic E-state index is 6.21. The van der Waals surface area contributed by atoms with Crippen LogP contribution in [0, 0.1) is 0 Å². The highest BCUT2D eigenvalue weighted by Crippen LogP contribution is 2.12. The van der Waals surface area contributed by atoms with Crippen LogP contribution in [-0.2, 0) is 10.8 Å². The quantitative estimate of drug-likeness (QED) is 0.410. The third-order valence-corrected chi connectivity index (χ3v) is 6.38. The van der Waals surface area contributed by atoms with Crippen LogP contribution in [0.1, 0.15) is 51.5 Å². The average molecular weight is 279 g/mol. The van der Waals surface area contributed by atoms with Crippen molar-refractivity contribution in [2.24, 2.45) is 0 Å². The lowest BCUT2D eigenvalue weighted by Crippen LogP contribution is -2.18. The van der Waals surface area contributed by atoms with E-state index in [1.165, 1.54) is 49.8 Å². The van der Waals surface area contributed by atoms with Gasteiger partial charge in [-0.3, -0.25) is 0 Å². The molecule has 0 saturated heterocycles. The van der Waals surface area contributed by atoms with Crippen LogP contribution in [0.25, 0.3) is 0 Å². The molecular formula is C17H30OSi. The van der Waals surface area contributed by atoms with Crippen molar-refractivity contribution in [2.75, 3.05) is 6.61 Å². The Hall–Kier alpha value is -0.603. The van der Waals surface area contributed by atoms with E-state index < -0.39 is 9.04 Å². The number of benzene rings is 1. The van der Waals surface area contributed by atoms with Crippen LogP contribution >= 0.6 is 0 Å². The topological polar surface area (TPSA) is 9.23 Å². The van der Waals surface area contributed by atoms with E-state index in [0.717, 1.165) is 13.0 Å². The minimum atomic E-state index is -0.895. The lowest BCUT2D eigenvalue weighted by Gasteiger charge is -2.15. The van der Waals surface area contributed by atoms with Crippen LogP contribution in [0.4, 0.5) is 0 Å². The van der Waals surface area contributed by atoms with Crippen LogP contribution < -0.4 is 0 Å². The molecule has 1 aromatic carbocycles. The molecule has 0 atom stereocenters. The van der Waals surface area contributed by atoms with E-state index in [1.54, 1.807) is 0 Å². The van der Waals surface area contributed by atoms with Gasteiger partial charge in [-0.05, 0) is 30.5 Å². The summed E-state index contributed by atoms with van der Waals surface area (Å²) in [6.45, 7) is 5.53. The molecule has 1 aromatic rings. The van der Waals surface area contributed by atoms with Crippen LogP contribution in [0.15, 0.2) is 30.3 Å². The molecule has 0 aliphatic carbocycles. The summed E-state index contributed by atoms with van der Waals surface area (Å²) in [6.07, 6.45) is 7.67. The van der Waals surface area contributed by atoms with E-state index in [1.807, 2.05) is 0 Å². The zero-order chi connectivity index (χ0) is 13.8. The number of aryl methyl sites for hydroxylation is 1. The second kappa shape index (κ2) is 11.2. The molecule has 0 unspecified atom stereocenters. The van der Waals surface area contributed by atoms with Crippen molar-refractivity contribution < 1.29 is 4.43 Å². The summed E-state index contributed by atoms with van der Waals surface area (Å²) < 4.78 is 6.21. The minimum absolute atomic E-state index is 0.895. The smallest absolute Gasteiger partial charge is 0.176 e. The van der Waals surface area contributed by atoms with Crippen molar-refractivity contribution in [3.8, 4) is 0 Å². The zero-order valence-corrected chi connectivity index (χ0v) is 13.9. The van der Waals surface area contributed by atoms with Crippen molar-refractivity contribution in [1.82, 2.24) is 0 Å². The number of unbranched alkanes of at least 4 members (excludes halogenated alkanes) is 2. The molecule has 0 radical (unpaired) electrons. The Bertz CT molecular complexity index is 291. The summed E-state index contributed by atoms with van der Waals surface area (Å²) in [5, 5.41) is 0. The van der Waals surface area contributed by atoms with E-state index in [9.17, 15) is 0 Å². The zero-order valence-electron chi connectivity index (χ0n) is 12.7. The maximum atomic E-state index is 6.21. The molecule has 1 nitrogen and oxygen atoms in total. The molecule has 1 rings (SSSR count). The van der Waals surface area contributed by atoms with Gasteiger partial charge in [0.25, 0.3) is 0 Å². The molecule has 0 spiro atoms. The maximum Gasteiger partial charge on any atom is 0.176 e. The highest BCUT2D eigenvalue weighted by Gasteiger charge is 2.10. The van der Waals surface area contributed by atoms with E-state index in [2.05, 4.69) is 44.2 Å². The van der Waals surface area contributed by atoms with E-state index in [0.29, 0.717) is 0 Å². The molecule has 0 fully saturated rings. The molecular weight excluding hydrogens is 248 g/mol. The second-order valence-electron chi connectivity index (χ2n) is 5.37. The summed E-state index contributed by atoms with van der Waals surface area (Å²) in [4.78, 5) is 0. The Morgan fingerprint density at radius 1 is 0.895 bits per heavy atom. The van der Waals surface area contributed by atoms with E-state index in [-0.39, 0.29) is 0 Å².